The van der Waals surface area contributed by atoms with E-state index in [1.165, 1.54) is 12.1 Å². The van der Waals surface area contributed by atoms with Gasteiger partial charge in [-0.2, -0.15) is 0 Å². The fourth-order valence-corrected chi connectivity index (χ4v) is 4.55. The van der Waals surface area contributed by atoms with E-state index < -0.39 is 0 Å². The van der Waals surface area contributed by atoms with Crippen LogP contribution in [-0.2, 0) is 6.54 Å². The fourth-order valence-electron chi connectivity index (χ4n) is 4.55. The molecule has 0 bridgehead atoms. The Morgan fingerprint density at radius 2 is 1.97 bits per heavy atom. The molecule has 0 radical (unpaired) electrons. The van der Waals surface area contributed by atoms with Gasteiger partial charge in [-0.3, -0.25) is 9.69 Å². The van der Waals surface area contributed by atoms with E-state index in [9.17, 15) is 14.3 Å². The van der Waals surface area contributed by atoms with Crippen LogP contribution in [0, 0.1) is 11.7 Å². The Hall–Kier alpha value is -3.49. The molecule has 0 saturated heterocycles. The van der Waals surface area contributed by atoms with E-state index in [4.69, 9.17) is 9.47 Å². The first kappa shape index (κ1) is 26.6. The zero-order valence-corrected chi connectivity index (χ0v) is 21.7. The van der Waals surface area contributed by atoms with Crippen molar-refractivity contribution in [1.29, 1.82) is 0 Å². The third-order valence-corrected chi connectivity index (χ3v) is 6.78. The maximum absolute atomic E-state index is 13.7. The van der Waals surface area contributed by atoms with Crippen molar-refractivity contribution in [3.8, 4) is 22.8 Å². The second-order valence-electron chi connectivity index (χ2n) is 9.75. The number of amides is 1. The number of hydrogen-bond donors (Lipinski definition) is 1. The van der Waals surface area contributed by atoms with Crippen LogP contribution in [0.25, 0.3) is 11.1 Å². The number of hydrogen-bond acceptors (Lipinski definition) is 6. The number of ether oxygens (including phenoxy) is 2. The zero-order chi connectivity index (χ0) is 26.5. The first-order valence-corrected chi connectivity index (χ1v) is 12.4. The van der Waals surface area contributed by atoms with Gasteiger partial charge in [0.1, 0.15) is 23.2 Å². The van der Waals surface area contributed by atoms with Crippen LogP contribution in [0.2, 0.25) is 0 Å². The van der Waals surface area contributed by atoms with E-state index in [1.807, 2.05) is 45.2 Å². The smallest absolute Gasteiger partial charge is 0.259 e. The number of methoxy groups -OCH3 is 1. The molecule has 1 aliphatic rings. The highest BCUT2D eigenvalue weighted by atomic mass is 19.1. The molecule has 1 aliphatic heterocycles. The van der Waals surface area contributed by atoms with Crippen LogP contribution in [0.3, 0.4) is 0 Å². The molecule has 4 rings (SSSR count). The molecule has 37 heavy (non-hydrogen) atoms. The minimum Gasteiger partial charge on any atom is -0.497 e. The molecule has 0 fully saturated rings. The molecule has 2 heterocycles. The van der Waals surface area contributed by atoms with E-state index in [2.05, 4.69) is 9.88 Å². The van der Waals surface area contributed by atoms with Crippen molar-refractivity contribution in [2.75, 3.05) is 33.9 Å². The van der Waals surface area contributed by atoms with Gasteiger partial charge in [-0.05, 0) is 55.4 Å². The summed E-state index contributed by atoms with van der Waals surface area (Å²) in [5.41, 5.74) is 2.99. The molecule has 1 aromatic heterocycles. The van der Waals surface area contributed by atoms with E-state index in [1.54, 1.807) is 36.4 Å². The Labute approximate surface area is 217 Å². The lowest BCUT2D eigenvalue weighted by Gasteiger charge is -2.37. The zero-order valence-electron chi connectivity index (χ0n) is 21.7. The van der Waals surface area contributed by atoms with E-state index in [0.717, 1.165) is 16.7 Å². The lowest BCUT2D eigenvalue weighted by Crippen LogP contribution is -2.49. The number of carbonyl (C=O) groups is 1. The number of likely N-dealkylation sites (N-methyl/N-ethyl adjacent to an activating group) is 1. The minimum atomic E-state index is -0.362. The van der Waals surface area contributed by atoms with Gasteiger partial charge in [0.2, 0.25) is 5.88 Å². The molecule has 0 unspecified atom stereocenters. The number of nitrogens with zero attached hydrogens (tertiary/aromatic N) is 3. The van der Waals surface area contributed by atoms with Gasteiger partial charge in [-0.25, -0.2) is 9.37 Å². The molecule has 1 N–H and O–H groups in total. The normalized spacial score (nSPS) is 18.6. The second kappa shape index (κ2) is 11.7. The van der Waals surface area contributed by atoms with Crippen molar-refractivity contribution < 1.29 is 23.8 Å². The van der Waals surface area contributed by atoms with Crippen LogP contribution in [-0.4, -0.2) is 71.8 Å². The van der Waals surface area contributed by atoms with Gasteiger partial charge < -0.3 is 19.5 Å². The maximum Gasteiger partial charge on any atom is 0.259 e. The van der Waals surface area contributed by atoms with Gasteiger partial charge in [-0.15, -0.1) is 0 Å². The summed E-state index contributed by atoms with van der Waals surface area (Å²) in [7, 11) is 3.59. The molecule has 1 amide bonds. The Morgan fingerprint density at radius 1 is 1.22 bits per heavy atom. The van der Waals surface area contributed by atoms with Crippen LogP contribution in [0.5, 0.6) is 11.6 Å². The Balaban J connectivity index is 1.65. The number of aliphatic hydroxyl groups excluding tert-OH is 1. The number of aromatic nitrogens is 1. The van der Waals surface area contributed by atoms with Crippen LogP contribution in [0.4, 0.5) is 4.39 Å². The SMILES string of the molecule is COc1cccc(-c2cnc3c(c2)C(=O)N([C@@H](C)CO)C[C@@H](C)[C@H](CN(C)Cc2ccc(F)cc2)O3)c1. The Morgan fingerprint density at radius 3 is 2.68 bits per heavy atom. The summed E-state index contributed by atoms with van der Waals surface area (Å²) in [6, 6.07) is 15.5. The number of fused-ring (bicyclic) bond motifs is 1. The van der Waals surface area contributed by atoms with E-state index in [-0.39, 0.29) is 42.3 Å². The van der Waals surface area contributed by atoms with Crippen LogP contribution in [0.15, 0.2) is 60.8 Å². The number of halogens is 1. The third kappa shape index (κ3) is 6.26. The lowest BCUT2D eigenvalue weighted by molar-refractivity contribution is 0.0325. The Kier molecular flexibility index (Phi) is 8.41. The summed E-state index contributed by atoms with van der Waals surface area (Å²) >= 11 is 0. The summed E-state index contributed by atoms with van der Waals surface area (Å²) in [5, 5.41) is 9.90. The van der Waals surface area contributed by atoms with Crippen molar-refractivity contribution in [3.05, 3.63) is 77.7 Å². The highest BCUT2D eigenvalue weighted by Crippen LogP contribution is 2.31. The second-order valence-corrected chi connectivity index (χ2v) is 9.75. The van der Waals surface area contributed by atoms with E-state index in [0.29, 0.717) is 30.9 Å². The average molecular weight is 508 g/mol. The predicted molar refractivity (Wildman–Crippen MR) is 140 cm³/mol. The highest BCUT2D eigenvalue weighted by molar-refractivity contribution is 5.98. The third-order valence-electron chi connectivity index (χ3n) is 6.78. The van der Waals surface area contributed by atoms with Crippen molar-refractivity contribution in [3.63, 3.8) is 0 Å². The van der Waals surface area contributed by atoms with Gasteiger partial charge in [0.25, 0.3) is 5.91 Å². The van der Waals surface area contributed by atoms with Crippen molar-refractivity contribution in [1.82, 2.24) is 14.8 Å². The summed E-state index contributed by atoms with van der Waals surface area (Å²) in [5.74, 6) is 0.474. The van der Waals surface area contributed by atoms with Gasteiger partial charge >= 0.3 is 0 Å². The topological polar surface area (TPSA) is 75.1 Å². The largest absolute Gasteiger partial charge is 0.497 e. The maximum atomic E-state index is 13.7. The average Bonchev–Trinajstić information content (AvgIpc) is 2.91. The number of carbonyl (C=O) groups excluding carboxylic acids is 1. The summed E-state index contributed by atoms with van der Waals surface area (Å²) in [6.45, 7) is 5.35. The fraction of sp³-hybridized carbons (Fsp3) is 0.379. The number of aliphatic hydroxyl groups is 1. The molecule has 3 atom stereocenters. The lowest BCUT2D eigenvalue weighted by atomic mass is 9.99. The number of benzene rings is 2. The first-order valence-electron chi connectivity index (χ1n) is 12.4. The molecule has 0 saturated carbocycles. The van der Waals surface area contributed by atoms with Gasteiger partial charge in [0, 0.05) is 37.3 Å². The highest BCUT2D eigenvalue weighted by Gasteiger charge is 2.34. The van der Waals surface area contributed by atoms with E-state index >= 15 is 0 Å². The molecule has 7 nitrogen and oxygen atoms in total. The molecular weight excluding hydrogens is 473 g/mol. The first-order chi connectivity index (χ1) is 17.8. The van der Waals surface area contributed by atoms with Crippen LogP contribution in [0.1, 0.15) is 29.8 Å². The van der Waals surface area contributed by atoms with Crippen molar-refractivity contribution in [2.45, 2.75) is 32.5 Å². The van der Waals surface area contributed by atoms with Crippen LogP contribution < -0.4 is 9.47 Å². The van der Waals surface area contributed by atoms with Crippen molar-refractivity contribution in [2.24, 2.45) is 5.92 Å². The molecule has 3 aromatic rings. The van der Waals surface area contributed by atoms with Gasteiger partial charge in [0.15, 0.2) is 0 Å². The predicted octanol–water partition coefficient (Wildman–Crippen LogP) is 4.25. The molecule has 196 valence electrons. The molecule has 0 aliphatic carbocycles. The number of rotatable bonds is 8. The summed E-state index contributed by atoms with van der Waals surface area (Å²) in [6.07, 6.45) is 1.44. The van der Waals surface area contributed by atoms with Crippen LogP contribution >= 0.6 is 0 Å². The summed E-state index contributed by atoms with van der Waals surface area (Å²) in [4.78, 5) is 22.1. The minimum absolute atomic E-state index is 0.0263. The number of pyridine rings is 1. The molecule has 2 aromatic carbocycles. The monoisotopic (exact) mass is 507 g/mol. The Bertz CT molecular complexity index is 1220. The summed E-state index contributed by atoms with van der Waals surface area (Å²) < 4.78 is 25.1. The van der Waals surface area contributed by atoms with Gasteiger partial charge in [-0.1, -0.05) is 31.2 Å². The molecule has 0 spiro atoms. The molecule has 8 heteroatoms. The quantitative estimate of drug-likeness (QED) is 0.492. The van der Waals surface area contributed by atoms with Crippen molar-refractivity contribution >= 4 is 5.91 Å². The molecular formula is C29H34FN3O4. The standard InChI is InChI=1S/C29H34FN3O4/c1-19-15-33(20(2)18-34)29(35)26-13-23(22-6-5-7-25(12-22)36-4)14-31-28(26)37-27(19)17-32(3)16-21-8-10-24(30)11-9-21/h5-14,19-20,27,34H,15-18H2,1-4H3/t19-,20+,27+/m1/s1. The van der Waals surface area contributed by atoms with Gasteiger partial charge in [0.05, 0.1) is 19.8 Å².